The molecule has 0 spiro atoms. The Morgan fingerprint density at radius 2 is 1.54 bits per heavy atom. The van der Waals surface area contributed by atoms with E-state index in [9.17, 15) is 18.0 Å². The van der Waals surface area contributed by atoms with Gasteiger partial charge in [-0.15, -0.1) is 0 Å². The van der Waals surface area contributed by atoms with Gasteiger partial charge in [0.2, 0.25) is 21.8 Å². The van der Waals surface area contributed by atoms with E-state index in [0.717, 1.165) is 21.7 Å². The number of rotatable bonds is 12. The molecule has 0 saturated heterocycles. The zero-order valence-electron chi connectivity index (χ0n) is 24.0. The van der Waals surface area contributed by atoms with Crippen LogP contribution in [0.4, 0.5) is 5.69 Å². The van der Waals surface area contributed by atoms with Crippen LogP contribution in [0.1, 0.15) is 50.3 Å². The summed E-state index contributed by atoms with van der Waals surface area (Å²) < 4.78 is 26.9. The van der Waals surface area contributed by atoms with Crippen LogP contribution in [0.5, 0.6) is 0 Å². The van der Waals surface area contributed by atoms with Crippen LogP contribution in [0.2, 0.25) is 10.0 Å². The van der Waals surface area contributed by atoms with Gasteiger partial charge in [0.15, 0.2) is 0 Å². The number of hydrogen-bond acceptors (Lipinski definition) is 4. The lowest BCUT2D eigenvalue weighted by atomic mass is 10.0. The van der Waals surface area contributed by atoms with Crippen molar-refractivity contribution in [2.24, 2.45) is 0 Å². The Balaban J connectivity index is 2.07. The molecule has 220 valence electrons. The number of benzene rings is 3. The van der Waals surface area contributed by atoms with Crippen molar-refractivity contribution in [1.82, 2.24) is 10.2 Å². The first-order valence-corrected chi connectivity index (χ1v) is 16.0. The van der Waals surface area contributed by atoms with Crippen molar-refractivity contribution in [1.29, 1.82) is 0 Å². The van der Waals surface area contributed by atoms with Crippen LogP contribution in [0.15, 0.2) is 72.8 Å². The van der Waals surface area contributed by atoms with Crippen molar-refractivity contribution in [2.75, 3.05) is 17.1 Å². The summed E-state index contributed by atoms with van der Waals surface area (Å²) in [6.07, 6.45) is 1.28. The first-order valence-electron chi connectivity index (χ1n) is 13.4. The highest BCUT2D eigenvalue weighted by atomic mass is 35.5. The molecule has 3 aromatic carbocycles. The van der Waals surface area contributed by atoms with Crippen LogP contribution in [-0.4, -0.2) is 50.0 Å². The maximum atomic E-state index is 14.1. The fraction of sp³-hybridized carbons (Fsp3) is 0.355. The molecule has 1 atom stereocenters. The maximum absolute atomic E-state index is 14.1. The lowest BCUT2D eigenvalue weighted by molar-refractivity contribution is -0.140. The SMILES string of the molecule is CC(C)NC(=O)[C@@H](Cc1ccccc1)N(Cc1ccc(Cl)cc1Cl)C(=O)CN(c1ccc(C(C)C)cc1)S(C)(=O)=O. The molecule has 41 heavy (non-hydrogen) atoms. The molecule has 0 heterocycles. The summed E-state index contributed by atoms with van der Waals surface area (Å²) in [6, 6.07) is 20.3. The highest BCUT2D eigenvalue weighted by Gasteiger charge is 2.33. The average molecular weight is 619 g/mol. The van der Waals surface area contributed by atoms with Gasteiger partial charge >= 0.3 is 0 Å². The standard InChI is InChI=1S/C31H37Cl2N3O4S/c1-21(2)24-12-15-27(16-13-24)36(41(5,39)40)20-30(37)35(19-25-11-14-26(32)18-28(25)33)29(31(38)34-22(3)4)17-23-9-7-6-8-10-23/h6-16,18,21-22,29H,17,19-20H2,1-5H3,(H,34,38)/t29-/m1/s1. The normalized spacial score (nSPS) is 12.3. The Bertz CT molecular complexity index is 1450. The molecule has 3 aromatic rings. The van der Waals surface area contributed by atoms with E-state index in [4.69, 9.17) is 23.2 Å². The minimum atomic E-state index is -3.85. The summed E-state index contributed by atoms with van der Waals surface area (Å²) in [5, 5.41) is 3.69. The van der Waals surface area contributed by atoms with Crippen LogP contribution in [-0.2, 0) is 32.6 Å². The van der Waals surface area contributed by atoms with E-state index in [1.54, 1.807) is 30.3 Å². The molecule has 0 saturated carbocycles. The van der Waals surface area contributed by atoms with Crippen LogP contribution in [0.25, 0.3) is 0 Å². The zero-order chi connectivity index (χ0) is 30.3. The highest BCUT2D eigenvalue weighted by Crippen LogP contribution is 2.26. The number of amides is 2. The molecule has 0 unspecified atom stereocenters. The molecule has 0 fully saturated rings. The molecule has 0 aliphatic carbocycles. The molecule has 10 heteroatoms. The molecule has 0 aromatic heterocycles. The van der Waals surface area contributed by atoms with Crippen LogP contribution in [0.3, 0.4) is 0 Å². The van der Waals surface area contributed by atoms with Crippen molar-refractivity contribution < 1.29 is 18.0 Å². The van der Waals surface area contributed by atoms with Crippen LogP contribution >= 0.6 is 23.2 Å². The number of nitrogens with zero attached hydrogens (tertiary/aromatic N) is 2. The van der Waals surface area contributed by atoms with Gasteiger partial charge in [0.25, 0.3) is 0 Å². The van der Waals surface area contributed by atoms with Gasteiger partial charge in [0, 0.05) is 29.1 Å². The van der Waals surface area contributed by atoms with E-state index in [2.05, 4.69) is 5.32 Å². The number of sulfonamides is 1. The number of carbonyl (C=O) groups excluding carboxylic acids is 2. The van der Waals surface area contributed by atoms with Gasteiger partial charge in [-0.1, -0.05) is 85.6 Å². The molecule has 2 amide bonds. The monoisotopic (exact) mass is 617 g/mol. The third-order valence-electron chi connectivity index (χ3n) is 6.58. The maximum Gasteiger partial charge on any atom is 0.244 e. The summed E-state index contributed by atoms with van der Waals surface area (Å²) in [5.41, 5.74) is 2.83. The molecule has 1 N–H and O–H groups in total. The fourth-order valence-electron chi connectivity index (χ4n) is 4.41. The second kappa shape index (κ2) is 14.2. The van der Waals surface area contributed by atoms with E-state index in [1.165, 1.54) is 4.90 Å². The second-order valence-corrected chi connectivity index (χ2v) is 13.4. The zero-order valence-corrected chi connectivity index (χ0v) is 26.3. The van der Waals surface area contributed by atoms with Gasteiger partial charge in [0.05, 0.1) is 11.9 Å². The first kappa shape index (κ1) is 32.4. The van der Waals surface area contributed by atoms with E-state index >= 15 is 0 Å². The highest BCUT2D eigenvalue weighted by molar-refractivity contribution is 7.92. The van der Waals surface area contributed by atoms with Gasteiger partial charge in [-0.05, 0) is 60.7 Å². The van der Waals surface area contributed by atoms with Crippen molar-refractivity contribution in [3.8, 4) is 0 Å². The second-order valence-electron chi connectivity index (χ2n) is 10.6. The number of anilines is 1. The van der Waals surface area contributed by atoms with Crippen molar-refractivity contribution in [3.63, 3.8) is 0 Å². The summed E-state index contributed by atoms with van der Waals surface area (Å²) >= 11 is 12.6. The Morgan fingerprint density at radius 3 is 2.07 bits per heavy atom. The van der Waals surface area contributed by atoms with E-state index in [0.29, 0.717) is 21.3 Å². The summed E-state index contributed by atoms with van der Waals surface area (Å²) in [5.74, 6) is -0.640. The molecule has 0 aliphatic heterocycles. The minimum Gasteiger partial charge on any atom is -0.352 e. The Morgan fingerprint density at radius 1 is 0.902 bits per heavy atom. The minimum absolute atomic E-state index is 0.0261. The van der Waals surface area contributed by atoms with Crippen LogP contribution in [0, 0.1) is 0 Å². The number of carbonyl (C=O) groups is 2. The van der Waals surface area contributed by atoms with Gasteiger partial charge in [-0.2, -0.15) is 0 Å². The molecular weight excluding hydrogens is 581 g/mol. The summed E-state index contributed by atoms with van der Waals surface area (Å²) in [6.45, 7) is 7.24. The Labute approximate surface area is 253 Å². The average Bonchev–Trinajstić information content (AvgIpc) is 2.89. The third-order valence-corrected chi connectivity index (χ3v) is 8.31. The largest absolute Gasteiger partial charge is 0.352 e. The smallest absolute Gasteiger partial charge is 0.244 e. The fourth-order valence-corrected chi connectivity index (χ4v) is 5.73. The van der Waals surface area contributed by atoms with E-state index in [-0.39, 0.29) is 30.8 Å². The van der Waals surface area contributed by atoms with Gasteiger partial charge in [0.1, 0.15) is 12.6 Å². The molecule has 0 radical (unpaired) electrons. The Kier molecular flexibility index (Phi) is 11.2. The van der Waals surface area contributed by atoms with E-state index in [1.807, 2.05) is 70.2 Å². The third kappa shape index (κ3) is 9.21. The molecular formula is C31H37Cl2N3O4S. The Hall–Kier alpha value is -3.07. The van der Waals surface area contributed by atoms with Crippen molar-refractivity contribution >= 4 is 50.7 Å². The van der Waals surface area contributed by atoms with E-state index < -0.39 is 28.5 Å². The topological polar surface area (TPSA) is 86.8 Å². The quantitative estimate of drug-likeness (QED) is 0.268. The van der Waals surface area contributed by atoms with Crippen LogP contribution < -0.4 is 9.62 Å². The molecule has 7 nitrogen and oxygen atoms in total. The predicted molar refractivity (Wildman–Crippen MR) is 167 cm³/mol. The molecule has 0 bridgehead atoms. The van der Waals surface area contributed by atoms with Crippen molar-refractivity contribution in [2.45, 2.75) is 58.7 Å². The van der Waals surface area contributed by atoms with Crippen molar-refractivity contribution in [3.05, 3.63) is 99.5 Å². The van der Waals surface area contributed by atoms with Gasteiger partial charge in [-0.3, -0.25) is 13.9 Å². The van der Waals surface area contributed by atoms with Gasteiger partial charge < -0.3 is 10.2 Å². The summed E-state index contributed by atoms with van der Waals surface area (Å²) in [4.78, 5) is 29.1. The summed E-state index contributed by atoms with van der Waals surface area (Å²) in [7, 11) is -3.85. The lowest BCUT2D eigenvalue weighted by Crippen LogP contribution is -2.54. The lowest BCUT2D eigenvalue weighted by Gasteiger charge is -2.34. The first-order chi connectivity index (χ1) is 19.3. The number of nitrogens with one attached hydrogen (secondary N) is 1. The molecule has 0 aliphatic rings. The predicted octanol–water partition coefficient (Wildman–Crippen LogP) is 6.05. The molecule has 3 rings (SSSR count). The number of halogens is 2. The van der Waals surface area contributed by atoms with Gasteiger partial charge in [-0.25, -0.2) is 8.42 Å². The number of hydrogen-bond donors (Lipinski definition) is 1.